The first-order valence-electron chi connectivity index (χ1n) is 10.6. The summed E-state index contributed by atoms with van der Waals surface area (Å²) in [5, 5.41) is 4.80. The number of carbonyl (C=O) groups is 1. The summed E-state index contributed by atoms with van der Waals surface area (Å²) in [5.41, 5.74) is 1.25. The monoisotopic (exact) mass is 395 g/mol. The predicted octanol–water partition coefficient (Wildman–Crippen LogP) is 4.37. The van der Waals surface area contributed by atoms with Crippen molar-refractivity contribution in [2.45, 2.75) is 45.1 Å². The van der Waals surface area contributed by atoms with Crippen LogP contribution >= 0.6 is 0 Å². The summed E-state index contributed by atoms with van der Waals surface area (Å²) in [7, 11) is 1.63. The molecule has 0 spiro atoms. The Morgan fingerprint density at radius 3 is 3.00 bits per heavy atom. The van der Waals surface area contributed by atoms with Crippen LogP contribution in [0.1, 0.15) is 49.6 Å². The summed E-state index contributed by atoms with van der Waals surface area (Å²) < 4.78 is 11.0. The second-order valence-corrected chi connectivity index (χ2v) is 7.76. The summed E-state index contributed by atoms with van der Waals surface area (Å²) in [6.45, 7) is 5.13. The molecule has 0 aliphatic carbocycles. The lowest BCUT2D eigenvalue weighted by molar-refractivity contribution is 0.0921. The number of piperidine rings is 1. The third-order valence-electron chi connectivity index (χ3n) is 5.86. The lowest BCUT2D eigenvalue weighted by Crippen LogP contribution is -2.40. The molecule has 4 rings (SSSR count). The summed E-state index contributed by atoms with van der Waals surface area (Å²) in [6.07, 6.45) is 6.08. The van der Waals surface area contributed by atoms with Gasteiger partial charge in [0.2, 0.25) is 5.71 Å². The molecule has 6 heteroatoms. The highest BCUT2D eigenvalue weighted by atomic mass is 16.5. The van der Waals surface area contributed by atoms with Crippen LogP contribution in [0.4, 0.5) is 0 Å². The fraction of sp³-hybridized carbons (Fsp3) is 0.478. The second kappa shape index (κ2) is 8.82. The SMILES string of the molecule is CCC1CCCCN1CCCNC(=O)c1cc2cc3ccc(OC)cc3nc2o1. The molecule has 6 nitrogen and oxygen atoms in total. The minimum absolute atomic E-state index is 0.185. The number of hydrogen-bond acceptors (Lipinski definition) is 5. The van der Waals surface area contributed by atoms with E-state index in [1.165, 1.54) is 32.2 Å². The van der Waals surface area contributed by atoms with Crippen molar-refractivity contribution in [1.29, 1.82) is 0 Å². The third-order valence-corrected chi connectivity index (χ3v) is 5.86. The second-order valence-electron chi connectivity index (χ2n) is 7.76. The molecular weight excluding hydrogens is 366 g/mol. The van der Waals surface area contributed by atoms with E-state index >= 15 is 0 Å². The first-order chi connectivity index (χ1) is 14.2. The van der Waals surface area contributed by atoms with Crippen LogP contribution < -0.4 is 10.1 Å². The van der Waals surface area contributed by atoms with Gasteiger partial charge in [0.05, 0.1) is 12.6 Å². The van der Waals surface area contributed by atoms with E-state index in [1.807, 2.05) is 24.3 Å². The lowest BCUT2D eigenvalue weighted by Gasteiger charge is -2.35. The van der Waals surface area contributed by atoms with E-state index in [4.69, 9.17) is 9.15 Å². The Hall–Kier alpha value is -2.60. The van der Waals surface area contributed by atoms with Gasteiger partial charge in [-0.25, -0.2) is 4.98 Å². The lowest BCUT2D eigenvalue weighted by atomic mass is 10.00. The number of ether oxygens (including phenoxy) is 1. The molecule has 154 valence electrons. The quantitative estimate of drug-likeness (QED) is 0.602. The van der Waals surface area contributed by atoms with Crippen LogP contribution in [-0.4, -0.2) is 48.6 Å². The van der Waals surface area contributed by atoms with Crippen molar-refractivity contribution >= 4 is 27.9 Å². The number of methoxy groups -OCH3 is 1. The topological polar surface area (TPSA) is 67.6 Å². The van der Waals surface area contributed by atoms with Crippen molar-refractivity contribution < 1.29 is 13.9 Å². The summed E-state index contributed by atoms with van der Waals surface area (Å²) in [6, 6.07) is 10.2. The molecule has 0 saturated carbocycles. The van der Waals surface area contributed by atoms with E-state index in [9.17, 15) is 4.79 Å². The van der Waals surface area contributed by atoms with Crippen molar-refractivity contribution in [2.75, 3.05) is 26.7 Å². The average Bonchev–Trinajstić information content (AvgIpc) is 3.17. The van der Waals surface area contributed by atoms with Crippen LogP contribution in [0.25, 0.3) is 22.0 Å². The number of carbonyl (C=O) groups excluding carboxylic acids is 1. The molecule has 1 saturated heterocycles. The molecule has 1 fully saturated rings. The molecule has 1 atom stereocenters. The minimum atomic E-state index is -0.185. The molecule has 3 heterocycles. The minimum Gasteiger partial charge on any atom is -0.497 e. The maximum Gasteiger partial charge on any atom is 0.287 e. The number of nitrogens with one attached hydrogen (secondary N) is 1. The summed E-state index contributed by atoms with van der Waals surface area (Å²) in [5.74, 6) is 0.863. The Morgan fingerprint density at radius 2 is 2.17 bits per heavy atom. The van der Waals surface area contributed by atoms with Gasteiger partial charge in [-0.3, -0.25) is 4.79 Å². The molecule has 3 aromatic rings. The van der Waals surface area contributed by atoms with Gasteiger partial charge in [0.1, 0.15) is 5.75 Å². The van der Waals surface area contributed by atoms with E-state index in [0.717, 1.165) is 35.0 Å². The number of rotatable bonds is 7. The molecule has 1 aromatic carbocycles. The van der Waals surface area contributed by atoms with E-state index < -0.39 is 0 Å². The smallest absolute Gasteiger partial charge is 0.287 e. The fourth-order valence-electron chi connectivity index (χ4n) is 4.23. The van der Waals surface area contributed by atoms with Gasteiger partial charge in [-0.1, -0.05) is 13.3 Å². The number of nitrogens with zero attached hydrogens (tertiary/aromatic N) is 2. The summed E-state index contributed by atoms with van der Waals surface area (Å²) in [4.78, 5) is 19.6. The summed E-state index contributed by atoms with van der Waals surface area (Å²) >= 11 is 0. The number of pyridine rings is 1. The number of fused-ring (bicyclic) bond motifs is 2. The van der Waals surface area contributed by atoms with Crippen LogP contribution in [0.3, 0.4) is 0 Å². The van der Waals surface area contributed by atoms with E-state index in [1.54, 1.807) is 13.2 Å². The van der Waals surface area contributed by atoms with Crippen LogP contribution in [0, 0.1) is 0 Å². The Bertz CT molecular complexity index is 998. The highest BCUT2D eigenvalue weighted by Crippen LogP contribution is 2.25. The fourth-order valence-corrected chi connectivity index (χ4v) is 4.23. The normalized spacial score (nSPS) is 17.7. The maximum absolute atomic E-state index is 12.5. The molecule has 1 aliphatic heterocycles. The zero-order chi connectivity index (χ0) is 20.2. The Morgan fingerprint density at radius 1 is 1.28 bits per heavy atom. The standard InChI is InChI=1S/C23H29N3O3/c1-3-18-7-4-5-11-26(18)12-6-10-24-22(27)21-14-17-13-16-8-9-19(28-2)15-20(16)25-23(17)29-21/h8-9,13-15,18H,3-7,10-12H2,1-2H3,(H,24,27). The van der Waals surface area contributed by atoms with Crippen molar-refractivity contribution in [1.82, 2.24) is 15.2 Å². The zero-order valence-electron chi connectivity index (χ0n) is 17.2. The highest BCUT2D eigenvalue weighted by Gasteiger charge is 2.20. The Kier molecular flexibility index (Phi) is 6.00. The van der Waals surface area contributed by atoms with E-state index in [0.29, 0.717) is 24.1 Å². The molecule has 1 N–H and O–H groups in total. The van der Waals surface area contributed by atoms with Gasteiger partial charge in [0.25, 0.3) is 5.91 Å². The molecular formula is C23H29N3O3. The van der Waals surface area contributed by atoms with Gasteiger partial charge in [-0.2, -0.15) is 0 Å². The molecule has 1 aliphatic rings. The highest BCUT2D eigenvalue weighted by molar-refractivity contribution is 5.98. The number of aromatic nitrogens is 1. The van der Waals surface area contributed by atoms with Gasteiger partial charge in [-0.05, 0) is 56.5 Å². The molecule has 2 aromatic heterocycles. The maximum atomic E-state index is 12.5. The first-order valence-corrected chi connectivity index (χ1v) is 10.6. The van der Waals surface area contributed by atoms with Gasteiger partial charge < -0.3 is 19.4 Å². The van der Waals surface area contributed by atoms with Gasteiger partial charge in [-0.15, -0.1) is 0 Å². The third kappa shape index (κ3) is 4.37. The van der Waals surface area contributed by atoms with Gasteiger partial charge in [0.15, 0.2) is 5.76 Å². The number of likely N-dealkylation sites (tertiary alicyclic amines) is 1. The number of hydrogen-bond donors (Lipinski definition) is 1. The van der Waals surface area contributed by atoms with Crippen molar-refractivity contribution in [2.24, 2.45) is 0 Å². The van der Waals surface area contributed by atoms with Crippen molar-refractivity contribution in [3.05, 3.63) is 36.1 Å². The van der Waals surface area contributed by atoms with Crippen LogP contribution in [-0.2, 0) is 0 Å². The average molecular weight is 396 g/mol. The largest absolute Gasteiger partial charge is 0.497 e. The predicted molar refractivity (Wildman–Crippen MR) is 115 cm³/mol. The first kappa shape index (κ1) is 19.7. The molecule has 1 unspecified atom stereocenters. The van der Waals surface area contributed by atoms with Crippen molar-refractivity contribution in [3.63, 3.8) is 0 Å². The number of benzene rings is 1. The van der Waals surface area contributed by atoms with Crippen LogP contribution in [0.15, 0.2) is 34.7 Å². The molecule has 0 bridgehead atoms. The Balaban J connectivity index is 1.37. The van der Waals surface area contributed by atoms with Gasteiger partial charge in [0, 0.05) is 36.0 Å². The molecule has 29 heavy (non-hydrogen) atoms. The molecule has 1 amide bonds. The van der Waals surface area contributed by atoms with Gasteiger partial charge >= 0.3 is 0 Å². The van der Waals surface area contributed by atoms with Crippen molar-refractivity contribution in [3.8, 4) is 5.75 Å². The number of furan rings is 1. The van der Waals surface area contributed by atoms with E-state index in [-0.39, 0.29) is 5.91 Å². The van der Waals surface area contributed by atoms with Crippen LogP contribution in [0.2, 0.25) is 0 Å². The molecule has 0 radical (unpaired) electrons. The van der Waals surface area contributed by atoms with Crippen LogP contribution in [0.5, 0.6) is 5.75 Å². The van der Waals surface area contributed by atoms with E-state index in [2.05, 4.69) is 22.1 Å². The Labute approximate surface area is 171 Å². The zero-order valence-corrected chi connectivity index (χ0v) is 17.2. The number of amides is 1.